The highest BCUT2D eigenvalue weighted by Crippen LogP contribution is 2.22. The third-order valence-corrected chi connectivity index (χ3v) is 4.73. The highest BCUT2D eigenvalue weighted by molar-refractivity contribution is 7.86. The Morgan fingerprint density at radius 3 is 2.36 bits per heavy atom. The van der Waals surface area contributed by atoms with Crippen LogP contribution in [0.4, 0.5) is 0 Å². The van der Waals surface area contributed by atoms with Gasteiger partial charge in [-0.1, -0.05) is 40.9 Å². The molecule has 2 aromatic carbocycles. The van der Waals surface area contributed by atoms with E-state index in [9.17, 15) is 13.2 Å². The van der Waals surface area contributed by atoms with E-state index in [2.05, 4.69) is 0 Å². The third-order valence-electron chi connectivity index (χ3n) is 2.88. The summed E-state index contributed by atoms with van der Waals surface area (Å²) in [6.45, 7) is 1.19. The van der Waals surface area contributed by atoms with Crippen molar-refractivity contribution < 1.29 is 17.4 Å². The summed E-state index contributed by atoms with van der Waals surface area (Å²) in [5.74, 6) is -0.566. The highest BCUT2D eigenvalue weighted by Gasteiger charge is 2.19. The smallest absolute Gasteiger partial charge is 0.291 e. The number of carbonyl (C=O) groups excluding carboxylic acids is 1. The van der Waals surface area contributed by atoms with Gasteiger partial charge in [0.1, 0.15) is 6.61 Å². The van der Waals surface area contributed by atoms with Crippen molar-refractivity contribution in [1.82, 2.24) is 0 Å². The first-order chi connectivity index (χ1) is 10.3. The fourth-order valence-corrected chi connectivity index (χ4v) is 2.96. The maximum Gasteiger partial charge on any atom is 0.297 e. The fraction of sp³-hybridized carbons (Fsp3) is 0.133. The minimum absolute atomic E-state index is 0.0110. The first kappa shape index (κ1) is 17.0. The standard InChI is InChI=1S/C15H12Cl2O4S/c1-10-2-5-12(6-3-10)22(19,20)21-9-15(18)13-8-11(16)4-7-14(13)17/h2-8H,9H2,1H3. The molecule has 2 rings (SSSR count). The zero-order valence-corrected chi connectivity index (χ0v) is 13.9. The molecule has 0 saturated heterocycles. The summed E-state index contributed by atoms with van der Waals surface area (Å²) in [6.07, 6.45) is 0. The predicted octanol–water partition coefficient (Wildman–Crippen LogP) is 3.89. The molecule has 0 atom stereocenters. The van der Waals surface area contributed by atoms with E-state index in [4.69, 9.17) is 27.4 Å². The molecule has 22 heavy (non-hydrogen) atoms. The fourth-order valence-electron chi connectivity index (χ4n) is 1.69. The van der Waals surface area contributed by atoms with Crippen molar-refractivity contribution in [3.63, 3.8) is 0 Å². The van der Waals surface area contributed by atoms with Crippen LogP contribution in [0.25, 0.3) is 0 Å². The van der Waals surface area contributed by atoms with E-state index >= 15 is 0 Å². The number of aryl methyl sites for hydroxylation is 1. The van der Waals surface area contributed by atoms with Gasteiger partial charge in [0.2, 0.25) is 0 Å². The lowest BCUT2D eigenvalue weighted by molar-refractivity contribution is 0.0925. The second-order valence-corrected chi connectivity index (χ2v) is 7.04. The number of carbonyl (C=O) groups is 1. The van der Waals surface area contributed by atoms with Crippen LogP contribution >= 0.6 is 23.2 Å². The molecule has 0 N–H and O–H groups in total. The Labute approximate surface area is 138 Å². The molecule has 0 unspecified atom stereocenters. The van der Waals surface area contributed by atoms with Crippen molar-refractivity contribution in [1.29, 1.82) is 0 Å². The molecule has 0 aliphatic rings. The second-order valence-electron chi connectivity index (χ2n) is 4.58. The molecule has 2 aromatic rings. The van der Waals surface area contributed by atoms with Crippen molar-refractivity contribution in [3.8, 4) is 0 Å². The van der Waals surface area contributed by atoms with Gasteiger partial charge in [-0.05, 0) is 37.3 Å². The number of hydrogen-bond acceptors (Lipinski definition) is 4. The van der Waals surface area contributed by atoms with E-state index in [1.807, 2.05) is 6.92 Å². The average Bonchev–Trinajstić information content (AvgIpc) is 2.48. The molecule has 0 aliphatic carbocycles. The Bertz CT molecular complexity index is 799. The number of ketones is 1. The topological polar surface area (TPSA) is 60.4 Å². The normalized spacial score (nSPS) is 11.4. The Morgan fingerprint density at radius 1 is 1.09 bits per heavy atom. The van der Waals surface area contributed by atoms with Gasteiger partial charge in [0.25, 0.3) is 10.1 Å². The van der Waals surface area contributed by atoms with Crippen molar-refractivity contribution in [2.75, 3.05) is 6.61 Å². The summed E-state index contributed by atoms with van der Waals surface area (Å²) in [5, 5.41) is 0.514. The van der Waals surface area contributed by atoms with Gasteiger partial charge in [-0.25, -0.2) is 0 Å². The first-order valence-electron chi connectivity index (χ1n) is 6.24. The zero-order chi connectivity index (χ0) is 16.3. The molecular formula is C15H12Cl2O4S. The maximum atomic E-state index is 12.0. The van der Waals surface area contributed by atoms with Gasteiger partial charge >= 0.3 is 0 Å². The molecule has 0 aliphatic heterocycles. The van der Waals surface area contributed by atoms with Crippen molar-refractivity contribution in [2.24, 2.45) is 0 Å². The molecule has 116 valence electrons. The Morgan fingerprint density at radius 2 is 1.73 bits per heavy atom. The lowest BCUT2D eigenvalue weighted by Gasteiger charge is -2.07. The summed E-state index contributed by atoms with van der Waals surface area (Å²) in [6, 6.07) is 10.5. The van der Waals surface area contributed by atoms with E-state index < -0.39 is 22.5 Å². The number of halogens is 2. The molecule has 0 amide bonds. The van der Waals surface area contributed by atoms with Crippen LogP contribution in [0.1, 0.15) is 15.9 Å². The predicted molar refractivity (Wildman–Crippen MR) is 85.1 cm³/mol. The Kier molecular flexibility index (Phi) is 5.24. The SMILES string of the molecule is Cc1ccc(S(=O)(=O)OCC(=O)c2cc(Cl)ccc2Cl)cc1. The van der Waals surface area contributed by atoms with Crippen molar-refractivity contribution >= 4 is 39.1 Å². The van der Waals surface area contributed by atoms with Gasteiger partial charge in [-0.3, -0.25) is 8.98 Å². The molecule has 0 radical (unpaired) electrons. The minimum atomic E-state index is -4.00. The molecule has 4 nitrogen and oxygen atoms in total. The zero-order valence-electron chi connectivity index (χ0n) is 11.5. The minimum Gasteiger partial charge on any atom is -0.291 e. The molecule has 0 spiro atoms. The number of rotatable bonds is 5. The summed E-state index contributed by atoms with van der Waals surface area (Å²) in [7, 11) is -4.00. The van der Waals surface area contributed by atoms with Gasteiger partial charge in [0.05, 0.1) is 9.92 Å². The molecule has 0 aromatic heterocycles. The summed E-state index contributed by atoms with van der Waals surface area (Å²) in [4.78, 5) is 12.0. The van der Waals surface area contributed by atoms with E-state index in [0.717, 1.165) is 5.56 Å². The van der Waals surface area contributed by atoms with Gasteiger partial charge in [0, 0.05) is 10.6 Å². The van der Waals surface area contributed by atoms with Crippen LogP contribution in [0.3, 0.4) is 0 Å². The third kappa shape index (κ3) is 4.08. The summed E-state index contributed by atoms with van der Waals surface area (Å²) in [5.41, 5.74) is 1.04. The van der Waals surface area contributed by atoms with Gasteiger partial charge in [-0.15, -0.1) is 0 Å². The van der Waals surface area contributed by atoms with E-state index in [1.54, 1.807) is 12.1 Å². The number of benzene rings is 2. The van der Waals surface area contributed by atoms with Crippen LogP contribution in [0, 0.1) is 6.92 Å². The molecule has 0 heterocycles. The van der Waals surface area contributed by atoms with Crippen LogP contribution in [0.15, 0.2) is 47.4 Å². The molecule has 0 fully saturated rings. The van der Waals surface area contributed by atoms with Gasteiger partial charge in [0.15, 0.2) is 5.78 Å². The lowest BCUT2D eigenvalue weighted by Crippen LogP contribution is -2.15. The molecular weight excluding hydrogens is 347 g/mol. The average molecular weight is 359 g/mol. The largest absolute Gasteiger partial charge is 0.297 e. The second kappa shape index (κ2) is 6.79. The number of hydrogen-bond donors (Lipinski definition) is 0. The summed E-state index contributed by atoms with van der Waals surface area (Å²) < 4.78 is 28.8. The monoisotopic (exact) mass is 358 g/mol. The van der Waals surface area contributed by atoms with E-state index in [-0.39, 0.29) is 15.5 Å². The van der Waals surface area contributed by atoms with Crippen molar-refractivity contribution in [3.05, 3.63) is 63.6 Å². The van der Waals surface area contributed by atoms with E-state index in [1.165, 1.54) is 30.3 Å². The van der Waals surface area contributed by atoms with E-state index in [0.29, 0.717) is 5.02 Å². The number of Topliss-reactive ketones (excluding diaryl/α,β-unsaturated/α-hetero) is 1. The summed E-state index contributed by atoms with van der Waals surface area (Å²) >= 11 is 11.7. The van der Waals surface area contributed by atoms with Crippen LogP contribution in [0.5, 0.6) is 0 Å². The maximum absolute atomic E-state index is 12.0. The quantitative estimate of drug-likeness (QED) is 0.600. The molecule has 0 bridgehead atoms. The van der Waals surface area contributed by atoms with Crippen LogP contribution < -0.4 is 0 Å². The molecule has 7 heteroatoms. The highest BCUT2D eigenvalue weighted by atomic mass is 35.5. The molecule has 0 saturated carbocycles. The lowest BCUT2D eigenvalue weighted by atomic mass is 10.1. The van der Waals surface area contributed by atoms with Gasteiger partial charge in [-0.2, -0.15) is 8.42 Å². The first-order valence-corrected chi connectivity index (χ1v) is 8.40. The Balaban J connectivity index is 2.13. The van der Waals surface area contributed by atoms with Gasteiger partial charge < -0.3 is 0 Å². The van der Waals surface area contributed by atoms with Crippen molar-refractivity contribution in [2.45, 2.75) is 11.8 Å². The van der Waals surface area contributed by atoms with Crippen LogP contribution in [-0.4, -0.2) is 20.8 Å². The van der Waals surface area contributed by atoms with Crippen LogP contribution in [0.2, 0.25) is 10.0 Å². The Hall–Kier alpha value is -1.40. The van der Waals surface area contributed by atoms with Crippen LogP contribution in [-0.2, 0) is 14.3 Å².